The Morgan fingerprint density at radius 1 is 0.552 bits per heavy atom. The maximum atomic E-state index is 4.55. The molecule has 0 saturated heterocycles. The first kappa shape index (κ1) is 35.1. The van der Waals surface area contributed by atoms with Gasteiger partial charge in [-0.05, 0) is 131 Å². The third-order valence-electron chi connectivity index (χ3n) is 11.4. The predicted octanol–water partition coefficient (Wildman–Crippen LogP) is 12.0. The fourth-order valence-electron chi connectivity index (χ4n) is 8.54. The largest absolute Gasteiger partial charge is 0.346 e. The molecule has 0 unspecified atom stereocenters. The van der Waals surface area contributed by atoms with E-state index >= 15 is 0 Å². The van der Waals surface area contributed by atoms with Crippen molar-refractivity contribution in [1.29, 1.82) is 0 Å². The van der Waals surface area contributed by atoms with E-state index in [0.717, 1.165) is 61.6 Å². The van der Waals surface area contributed by atoms with Crippen molar-refractivity contribution in [3.63, 3.8) is 0 Å². The summed E-state index contributed by atoms with van der Waals surface area (Å²) in [4.78, 5) is 11.7. The molecule has 1 radical (unpaired) electrons. The number of nitrogens with zero attached hydrogens (tertiary/aromatic N) is 4. The van der Waals surface area contributed by atoms with Crippen LogP contribution >= 0.6 is 0 Å². The lowest BCUT2D eigenvalue weighted by Crippen LogP contribution is -2.32. The Balaban J connectivity index is 1.12. The van der Waals surface area contributed by atoms with E-state index in [2.05, 4.69) is 233 Å². The lowest BCUT2D eigenvalue weighted by atomic mass is 9.73. The van der Waals surface area contributed by atoms with Gasteiger partial charge in [-0.2, -0.15) is 0 Å². The van der Waals surface area contributed by atoms with Gasteiger partial charge in [0.2, 0.25) is 0 Å². The van der Waals surface area contributed by atoms with Crippen LogP contribution in [0.25, 0.3) is 11.6 Å². The summed E-state index contributed by atoms with van der Waals surface area (Å²) in [7, 11) is 0. The Hall–Kier alpha value is -7.37. The van der Waals surface area contributed by atoms with Gasteiger partial charge in [0.05, 0.1) is 11.4 Å². The van der Waals surface area contributed by atoms with Gasteiger partial charge in [-0.3, -0.25) is 0 Å². The van der Waals surface area contributed by atoms with Gasteiger partial charge in [0.25, 0.3) is 0 Å². The molecule has 0 fully saturated rings. The van der Waals surface area contributed by atoms with Gasteiger partial charge in [-0.15, -0.1) is 0 Å². The highest BCUT2D eigenvalue weighted by atomic mass is 15.2. The van der Waals surface area contributed by atoms with Gasteiger partial charge < -0.3 is 20.0 Å². The maximum Gasteiger partial charge on any atom is 0.137 e. The van der Waals surface area contributed by atoms with Crippen LogP contribution in [-0.4, -0.2) is 4.98 Å². The Morgan fingerprint density at radius 3 is 1.67 bits per heavy atom. The van der Waals surface area contributed by atoms with Crippen LogP contribution in [0.2, 0.25) is 0 Å². The molecule has 279 valence electrons. The zero-order valence-corrected chi connectivity index (χ0v) is 32.5. The Kier molecular flexibility index (Phi) is 8.83. The predicted molar refractivity (Wildman–Crippen MR) is 242 cm³/mol. The summed E-state index contributed by atoms with van der Waals surface area (Å²) in [6, 6.07) is 58.7. The van der Waals surface area contributed by atoms with Crippen LogP contribution in [0.1, 0.15) is 25.0 Å². The minimum atomic E-state index is -0.355. The number of hydrogen-bond acceptors (Lipinski definition) is 5. The third kappa shape index (κ3) is 6.18. The first-order valence-electron chi connectivity index (χ1n) is 19.8. The zero-order chi connectivity index (χ0) is 39.1. The number of benzene rings is 6. The number of para-hydroxylation sites is 4. The maximum absolute atomic E-state index is 4.55. The molecule has 2 aliphatic heterocycles. The highest BCUT2D eigenvalue weighted by Crippen LogP contribution is 2.54. The summed E-state index contributed by atoms with van der Waals surface area (Å²) < 4.78 is 0. The van der Waals surface area contributed by atoms with Crippen molar-refractivity contribution in [2.45, 2.75) is 19.3 Å². The molecule has 0 atom stereocenters. The Morgan fingerprint density at radius 2 is 1.10 bits per heavy atom. The molecule has 10 rings (SSSR count). The highest BCUT2D eigenvalue weighted by Gasteiger charge is 2.38. The second kappa shape index (κ2) is 14.6. The van der Waals surface area contributed by atoms with Crippen molar-refractivity contribution in [3.8, 4) is 0 Å². The second-order valence-electron chi connectivity index (χ2n) is 15.2. The van der Waals surface area contributed by atoms with Crippen LogP contribution in [0, 0.1) is 6.42 Å². The van der Waals surface area contributed by atoms with Crippen LogP contribution in [-0.2, 0) is 5.41 Å². The molecule has 0 bridgehead atoms. The molecule has 7 aromatic rings. The van der Waals surface area contributed by atoms with Crippen molar-refractivity contribution in [2.24, 2.45) is 0 Å². The molecule has 58 heavy (non-hydrogen) atoms. The fourth-order valence-corrected chi connectivity index (χ4v) is 8.54. The van der Waals surface area contributed by atoms with Crippen molar-refractivity contribution in [2.75, 3.05) is 20.0 Å². The molecule has 1 aromatic heterocycles. The smallest absolute Gasteiger partial charge is 0.137 e. The average Bonchev–Trinajstić information content (AvgIpc) is 3.28. The first-order valence-corrected chi connectivity index (χ1v) is 19.8. The van der Waals surface area contributed by atoms with E-state index in [1.165, 1.54) is 22.5 Å². The van der Waals surface area contributed by atoms with E-state index in [1.54, 1.807) is 0 Å². The Labute approximate surface area is 340 Å². The number of allylic oxidation sites excluding steroid dienone is 4. The topological polar surface area (TPSA) is 34.6 Å². The Bertz CT molecular complexity index is 2820. The zero-order valence-electron chi connectivity index (χ0n) is 32.5. The third-order valence-corrected chi connectivity index (χ3v) is 11.4. The average molecular weight is 749 g/mol. The lowest BCUT2D eigenvalue weighted by molar-refractivity contribution is 0.632. The molecule has 0 amide bonds. The number of pyridine rings is 1. The number of aromatic nitrogens is 1. The monoisotopic (exact) mass is 748 g/mol. The highest BCUT2D eigenvalue weighted by molar-refractivity contribution is 5.90. The van der Waals surface area contributed by atoms with E-state index in [4.69, 9.17) is 0 Å². The van der Waals surface area contributed by atoms with E-state index in [9.17, 15) is 0 Å². The van der Waals surface area contributed by atoms with Gasteiger partial charge in [-0.25, -0.2) is 4.98 Å². The lowest BCUT2D eigenvalue weighted by Gasteiger charge is -2.43. The van der Waals surface area contributed by atoms with Crippen LogP contribution in [0.5, 0.6) is 0 Å². The van der Waals surface area contributed by atoms with E-state index < -0.39 is 0 Å². The minimum Gasteiger partial charge on any atom is -0.346 e. The molecule has 0 saturated carbocycles. The molecule has 1 N–H and O–H groups in total. The van der Waals surface area contributed by atoms with Gasteiger partial charge in [0.15, 0.2) is 0 Å². The molecule has 0 spiro atoms. The van der Waals surface area contributed by atoms with Crippen LogP contribution in [0.15, 0.2) is 206 Å². The van der Waals surface area contributed by atoms with Gasteiger partial charge in [0, 0.05) is 69.3 Å². The summed E-state index contributed by atoms with van der Waals surface area (Å²) in [5.41, 5.74) is 13.4. The van der Waals surface area contributed by atoms with Gasteiger partial charge >= 0.3 is 0 Å². The summed E-state index contributed by atoms with van der Waals surface area (Å²) in [6.45, 7) is 4.74. The van der Waals surface area contributed by atoms with E-state index in [-0.39, 0.29) is 5.41 Å². The SMILES string of the molecule is CC1(C)c2cc(N(C3=C[CH]/C(=c4\ccnc5c4=CC=CN5)C=C3)c3ccccc3)ccc2N(c2ccccc2)c2ccc(N(c3ccccc3)c3ccccc3)cc21. The molecular formula is C53H42N5. The van der Waals surface area contributed by atoms with E-state index in [0.29, 0.717) is 0 Å². The van der Waals surface area contributed by atoms with Crippen molar-refractivity contribution in [1.82, 2.24) is 4.98 Å². The summed E-state index contributed by atoms with van der Waals surface area (Å²) in [6.07, 6.45) is 16.8. The summed E-state index contributed by atoms with van der Waals surface area (Å²) in [5.74, 6) is 0.873. The van der Waals surface area contributed by atoms with Crippen molar-refractivity contribution < 1.29 is 0 Å². The molecular weight excluding hydrogens is 707 g/mol. The van der Waals surface area contributed by atoms with Crippen LogP contribution in [0.3, 0.4) is 0 Å². The van der Waals surface area contributed by atoms with Crippen LogP contribution < -0.4 is 30.5 Å². The fraction of sp³-hybridized carbons (Fsp3) is 0.0566. The number of hydrogen-bond donors (Lipinski definition) is 1. The summed E-state index contributed by atoms with van der Waals surface area (Å²) in [5, 5.41) is 5.52. The molecule has 5 heteroatoms. The standard InChI is InChI=1S/C53H42N5/c1-53(2)48-36-44(56(39-16-7-3-8-17-39)40-18-9-4-10-19-40)29-31-50(48)58(42-22-13-6-14-23-42)51-32-30-45(37-49(51)53)57(41-20-11-5-12-21-41)43-27-25-38(26-28-43)46-33-35-55-52-47(46)24-15-34-54-52/h3-37H,1-2H3,(H,54,55). The van der Waals surface area contributed by atoms with Crippen LogP contribution in [0.4, 0.5) is 51.3 Å². The molecule has 3 aliphatic rings. The summed E-state index contributed by atoms with van der Waals surface area (Å²) >= 11 is 0. The second-order valence-corrected chi connectivity index (χ2v) is 15.2. The number of rotatable bonds is 7. The quantitative estimate of drug-likeness (QED) is 0.176. The minimum absolute atomic E-state index is 0.355. The van der Waals surface area contributed by atoms with E-state index in [1.807, 2.05) is 18.5 Å². The molecule has 3 heterocycles. The first-order chi connectivity index (χ1) is 28.5. The van der Waals surface area contributed by atoms with Gasteiger partial charge in [0.1, 0.15) is 5.82 Å². The number of fused-ring (bicyclic) bond motifs is 3. The number of nitrogens with one attached hydrogen (secondary N) is 1. The van der Waals surface area contributed by atoms with Crippen molar-refractivity contribution in [3.05, 3.63) is 234 Å². The normalized spacial score (nSPS) is 15.6. The molecule has 6 aromatic carbocycles. The van der Waals surface area contributed by atoms with Gasteiger partial charge in [-0.1, -0.05) is 98.8 Å². The van der Waals surface area contributed by atoms with Crippen molar-refractivity contribution >= 4 is 63.0 Å². The molecule has 1 aliphatic carbocycles. The molecule has 5 nitrogen and oxygen atoms in total. The number of anilines is 9.